The molecule has 1 saturated heterocycles. The van der Waals surface area contributed by atoms with Crippen molar-refractivity contribution in [1.82, 2.24) is 13.9 Å². The van der Waals surface area contributed by atoms with Crippen molar-refractivity contribution >= 4 is 10.0 Å². The lowest BCUT2D eigenvalue weighted by Crippen LogP contribution is -2.41. The number of benzene rings is 2. The number of piperidine rings is 1. The topological polar surface area (TPSA) is 55.2 Å². The molecule has 2 heterocycles. The molecule has 1 atom stereocenters. The quantitative estimate of drug-likeness (QED) is 0.666. The summed E-state index contributed by atoms with van der Waals surface area (Å²) in [5.41, 5.74) is 1.99. The van der Waals surface area contributed by atoms with E-state index in [1.807, 2.05) is 43.5 Å². The second kappa shape index (κ2) is 7.48. The summed E-state index contributed by atoms with van der Waals surface area (Å²) < 4.78 is 43.2. The Morgan fingerprint density at radius 2 is 1.89 bits per heavy atom. The molecule has 1 fully saturated rings. The van der Waals surface area contributed by atoms with Gasteiger partial charge in [-0.3, -0.25) is 0 Å². The summed E-state index contributed by atoms with van der Waals surface area (Å²) in [4.78, 5) is 4.56. The van der Waals surface area contributed by atoms with Crippen molar-refractivity contribution < 1.29 is 12.8 Å². The van der Waals surface area contributed by atoms with Crippen LogP contribution in [0, 0.1) is 12.7 Å². The SMILES string of the molecule is Cc1cnc(-c2ccccc2)n1C1CCCN(S(=O)(=O)c2cccc(F)c2)C1. The standard InChI is InChI=1S/C21H22FN3O2S/c1-16-14-23-21(17-7-3-2-4-8-17)25(16)19-10-6-12-24(15-19)28(26,27)20-11-5-9-18(22)13-20/h2-5,7-9,11,13-14,19H,6,10,12,15H2,1H3. The molecule has 0 saturated carbocycles. The molecule has 7 heteroatoms. The molecular formula is C21H22FN3O2S. The molecule has 1 aliphatic heterocycles. The van der Waals surface area contributed by atoms with Crippen molar-refractivity contribution in [3.63, 3.8) is 0 Å². The fourth-order valence-corrected chi connectivity index (χ4v) is 5.38. The van der Waals surface area contributed by atoms with E-state index in [4.69, 9.17) is 0 Å². The van der Waals surface area contributed by atoms with Crippen molar-refractivity contribution in [1.29, 1.82) is 0 Å². The van der Waals surface area contributed by atoms with Crippen LogP contribution in [0.5, 0.6) is 0 Å². The van der Waals surface area contributed by atoms with E-state index in [9.17, 15) is 12.8 Å². The van der Waals surface area contributed by atoms with Crippen LogP contribution >= 0.6 is 0 Å². The number of rotatable bonds is 4. The van der Waals surface area contributed by atoms with Gasteiger partial charge in [-0.1, -0.05) is 36.4 Å². The van der Waals surface area contributed by atoms with Gasteiger partial charge in [-0.25, -0.2) is 17.8 Å². The molecule has 1 aromatic heterocycles. The van der Waals surface area contributed by atoms with Crippen LogP contribution in [0.25, 0.3) is 11.4 Å². The summed E-state index contributed by atoms with van der Waals surface area (Å²) in [7, 11) is -3.74. The zero-order valence-corrected chi connectivity index (χ0v) is 16.4. The third-order valence-corrected chi connectivity index (χ3v) is 7.03. The lowest BCUT2D eigenvalue weighted by atomic mass is 10.1. The molecule has 0 aliphatic carbocycles. The second-order valence-electron chi connectivity index (χ2n) is 7.08. The van der Waals surface area contributed by atoms with Gasteiger partial charge in [0.05, 0.1) is 4.90 Å². The largest absolute Gasteiger partial charge is 0.324 e. The maximum Gasteiger partial charge on any atom is 0.243 e. The molecular weight excluding hydrogens is 377 g/mol. The zero-order chi connectivity index (χ0) is 19.7. The molecule has 3 aromatic rings. The van der Waals surface area contributed by atoms with E-state index in [0.717, 1.165) is 36.0 Å². The highest BCUT2D eigenvalue weighted by molar-refractivity contribution is 7.89. The Kier molecular flexibility index (Phi) is 5.03. The number of nitrogens with zero attached hydrogens (tertiary/aromatic N) is 3. The number of halogens is 1. The van der Waals surface area contributed by atoms with Gasteiger partial charge in [0.1, 0.15) is 11.6 Å². The minimum absolute atomic E-state index is 0.00112. The normalized spacial score (nSPS) is 18.3. The molecule has 1 aliphatic rings. The number of hydrogen-bond acceptors (Lipinski definition) is 3. The van der Waals surface area contributed by atoms with Crippen molar-refractivity contribution in [2.75, 3.05) is 13.1 Å². The van der Waals surface area contributed by atoms with Crippen LogP contribution in [0.15, 0.2) is 65.7 Å². The average Bonchev–Trinajstić information content (AvgIpc) is 3.10. The summed E-state index contributed by atoms with van der Waals surface area (Å²) in [5, 5.41) is 0. The lowest BCUT2D eigenvalue weighted by molar-refractivity contribution is 0.266. The van der Waals surface area contributed by atoms with Crippen molar-refractivity contribution in [2.45, 2.75) is 30.7 Å². The third-order valence-electron chi connectivity index (χ3n) is 5.17. The number of hydrogen-bond donors (Lipinski definition) is 0. The lowest BCUT2D eigenvalue weighted by Gasteiger charge is -2.34. The van der Waals surface area contributed by atoms with Gasteiger partial charge < -0.3 is 4.57 Å². The van der Waals surface area contributed by atoms with E-state index in [1.165, 1.54) is 22.5 Å². The van der Waals surface area contributed by atoms with Gasteiger partial charge >= 0.3 is 0 Å². The third kappa shape index (κ3) is 3.47. The van der Waals surface area contributed by atoms with E-state index in [-0.39, 0.29) is 10.9 Å². The zero-order valence-electron chi connectivity index (χ0n) is 15.6. The van der Waals surface area contributed by atoms with Gasteiger partial charge in [0.25, 0.3) is 0 Å². The van der Waals surface area contributed by atoms with Gasteiger partial charge in [0.15, 0.2) is 0 Å². The number of aryl methyl sites for hydroxylation is 1. The highest BCUT2D eigenvalue weighted by Gasteiger charge is 2.32. The van der Waals surface area contributed by atoms with E-state index >= 15 is 0 Å². The predicted molar refractivity (Wildman–Crippen MR) is 106 cm³/mol. The molecule has 2 aromatic carbocycles. The van der Waals surface area contributed by atoms with Crippen LogP contribution in [0.3, 0.4) is 0 Å². The molecule has 0 amide bonds. The van der Waals surface area contributed by atoms with Crippen LogP contribution in [-0.2, 0) is 10.0 Å². The Morgan fingerprint density at radius 1 is 1.11 bits per heavy atom. The minimum atomic E-state index is -3.74. The second-order valence-corrected chi connectivity index (χ2v) is 9.01. The molecule has 4 rings (SSSR count). The average molecular weight is 399 g/mol. The number of imidazole rings is 1. The first-order chi connectivity index (χ1) is 13.5. The molecule has 0 radical (unpaired) electrons. The summed E-state index contributed by atoms with van der Waals surface area (Å²) in [6.45, 7) is 2.76. The van der Waals surface area contributed by atoms with Crippen LogP contribution in [0.4, 0.5) is 4.39 Å². The summed E-state index contributed by atoms with van der Waals surface area (Å²) in [5.74, 6) is 0.291. The van der Waals surface area contributed by atoms with Gasteiger partial charge in [0, 0.05) is 36.6 Å². The number of aromatic nitrogens is 2. The van der Waals surface area contributed by atoms with Gasteiger partial charge in [-0.2, -0.15) is 4.31 Å². The Balaban J connectivity index is 1.66. The Labute approximate surface area is 164 Å². The van der Waals surface area contributed by atoms with Crippen LogP contribution in [0.2, 0.25) is 0 Å². The molecule has 0 spiro atoms. The van der Waals surface area contributed by atoms with E-state index in [2.05, 4.69) is 9.55 Å². The smallest absolute Gasteiger partial charge is 0.243 e. The summed E-state index contributed by atoms with van der Waals surface area (Å²) in [6, 6.07) is 15.1. The van der Waals surface area contributed by atoms with Crippen LogP contribution in [-0.4, -0.2) is 35.4 Å². The van der Waals surface area contributed by atoms with Crippen molar-refractivity contribution in [2.24, 2.45) is 0 Å². The highest BCUT2D eigenvalue weighted by atomic mass is 32.2. The summed E-state index contributed by atoms with van der Waals surface area (Å²) in [6.07, 6.45) is 3.43. The van der Waals surface area contributed by atoms with E-state index in [0.29, 0.717) is 13.1 Å². The number of sulfonamides is 1. The highest BCUT2D eigenvalue weighted by Crippen LogP contribution is 2.31. The predicted octanol–water partition coefficient (Wildman–Crippen LogP) is 4.02. The Bertz CT molecular complexity index is 1080. The molecule has 146 valence electrons. The van der Waals surface area contributed by atoms with Gasteiger partial charge in [0.2, 0.25) is 10.0 Å². The van der Waals surface area contributed by atoms with E-state index in [1.54, 1.807) is 0 Å². The van der Waals surface area contributed by atoms with Gasteiger partial charge in [-0.05, 0) is 38.0 Å². The first-order valence-electron chi connectivity index (χ1n) is 9.32. The monoisotopic (exact) mass is 399 g/mol. The van der Waals surface area contributed by atoms with Crippen LogP contribution < -0.4 is 0 Å². The van der Waals surface area contributed by atoms with Gasteiger partial charge in [-0.15, -0.1) is 0 Å². The van der Waals surface area contributed by atoms with E-state index < -0.39 is 15.8 Å². The molecule has 28 heavy (non-hydrogen) atoms. The first-order valence-corrected chi connectivity index (χ1v) is 10.8. The van der Waals surface area contributed by atoms with Crippen molar-refractivity contribution in [3.05, 3.63) is 72.3 Å². The van der Waals surface area contributed by atoms with Crippen molar-refractivity contribution in [3.8, 4) is 11.4 Å². The Hall–Kier alpha value is -2.51. The molecule has 1 unspecified atom stereocenters. The fraction of sp³-hybridized carbons (Fsp3) is 0.286. The maximum atomic E-state index is 13.6. The summed E-state index contributed by atoms with van der Waals surface area (Å²) >= 11 is 0. The first kappa shape index (κ1) is 18.8. The maximum absolute atomic E-state index is 13.6. The Morgan fingerprint density at radius 3 is 2.64 bits per heavy atom. The molecule has 0 N–H and O–H groups in total. The molecule has 0 bridgehead atoms. The van der Waals surface area contributed by atoms with Crippen LogP contribution in [0.1, 0.15) is 24.6 Å². The molecule has 5 nitrogen and oxygen atoms in total. The fourth-order valence-electron chi connectivity index (χ4n) is 3.83. The minimum Gasteiger partial charge on any atom is -0.324 e.